The highest BCUT2D eigenvalue weighted by molar-refractivity contribution is 7.89. The van der Waals surface area contributed by atoms with Crippen LogP contribution in [-0.2, 0) is 14.8 Å². The summed E-state index contributed by atoms with van der Waals surface area (Å²) in [7, 11) is -3.82. The lowest BCUT2D eigenvalue weighted by atomic mass is 9.88. The summed E-state index contributed by atoms with van der Waals surface area (Å²) in [6, 6.07) is 32.8. The number of amides is 1. The normalized spacial score (nSPS) is 19.3. The summed E-state index contributed by atoms with van der Waals surface area (Å²) < 4.78 is 29.1. The molecule has 0 saturated carbocycles. The zero-order valence-corrected chi connectivity index (χ0v) is 24.3. The molecule has 2 saturated heterocycles. The minimum Gasteiger partial charge on any atom is -0.368 e. The summed E-state index contributed by atoms with van der Waals surface area (Å²) in [6.07, 6.45) is 0. The molecular weight excluding hydrogens is 564 g/mol. The first-order chi connectivity index (χ1) is 20.8. The van der Waals surface area contributed by atoms with E-state index in [9.17, 15) is 23.3 Å². The van der Waals surface area contributed by atoms with Crippen LogP contribution in [0.2, 0.25) is 0 Å². The Morgan fingerprint density at radius 2 is 1.30 bits per heavy atom. The van der Waals surface area contributed by atoms with Gasteiger partial charge in [0.15, 0.2) is 0 Å². The van der Waals surface area contributed by atoms with Crippen molar-refractivity contribution >= 4 is 27.3 Å². The van der Waals surface area contributed by atoms with Gasteiger partial charge in [0.1, 0.15) is 0 Å². The highest BCUT2D eigenvalue weighted by atomic mass is 32.2. The lowest BCUT2D eigenvalue weighted by molar-refractivity contribution is -0.384. The monoisotopic (exact) mass is 596 g/mol. The van der Waals surface area contributed by atoms with Crippen LogP contribution >= 0.6 is 0 Å². The van der Waals surface area contributed by atoms with E-state index in [0.717, 1.165) is 22.4 Å². The molecule has 2 heterocycles. The van der Waals surface area contributed by atoms with Gasteiger partial charge in [0.25, 0.3) is 5.69 Å². The van der Waals surface area contributed by atoms with Gasteiger partial charge in [0.05, 0.1) is 15.7 Å². The van der Waals surface area contributed by atoms with Crippen LogP contribution in [0.1, 0.15) is 11.5 Å². The molecule has 4 aromatic rings. The number of rotatable bonds is 7. The molecule has 2 aliphatic rings. The third kappa shape index (κ3) is 5.89. The Morgan fingerprint density at radius 3 is 1.91 bits per heavy atom. The van der Waals surface area contributed by atoms with E-state index in [-0.39, 0.29) is 35.5 Å². The molecule has 4 aromatic carbocycles. The van der Waals surface area contributed by atoms with Crippen LogP contribution in [0.4, 0.5) is 11.4 Å². The molecule has 0 N–H and O–H groups in total. The Labute approximate surface area is 251 Å². The molecule has 0 bridgehead atoms. The number of hydrogen-bond acceptors (Lipinski definition) is 6. The molecule has 0 aliphatic carbocycles. The van der Waals surface area contributed by atoms with Crippen molar-refractivity contribution in [1.82, 2.24) is 9.21 Å². The van der Waals surface area contributed by atoms with Crippen LogP contribution in [0.25, 0.3) is 11.1 Å². The van der Waals surface area contributed by atoms with Crippen LogP contribution in [0.15, 0.2) is 114 Å². The number of benzene rings is 4. The first-order valence-corrected chi connectivity index (χ1v) is 15.7. The average molecular weight is 597 g/mol. The highest BCUT2D eigenvalue weighted by Gasteiger charge is 2.45. The van der Waals surface area contributed by atoms with Gasteiger partial charge in [0.2, 0.25) is 15.9 Å². The van der Waals surface area contributed by atoms with E-state index in [4.69, 9.17) is 0 Å². The van der Waals surface area contributed by atoms with E-state index in [1.54, 1.807) is 24.3 Å². The van der Waals surface area contributed by atoms with Crippen molar-refractivity contribution in [3.63, 3.8) is 0 Å². The molecule has 0 radical (unpaired) electrons. The number of hydrogen-bond donors (Lipinski definition) is 0. The number of piperazine rings is 1. The Kier molecular flexibility index (Phi) is 7.96. The predicted octanol–water partition coefficient (Wildman–Crippen LogP) is 5.01. The Morgan fingerprint density at radius 1 is 0.721 bits per heavy atom. The average Bonchev–Trinajstić information content (AvgIpc) is 3.52. The molecule has 2 atom stereocenters. The molecule has 2 aliphatic heterocycles. The smallest absolute Gasteiger partial charge is 0.269 e. The van der Waals surface area contributed by atoms with Gasteiger partial charge >= 0.3 is 0 Å². The van der Waals surface area contributed by atoms with Crippen molar-refractivity contribution in [2.45, 2.75) is 10.8 Å². The van der Waals surface area contributed by atoms with Gasteiger partial charge in [0, 0.05) is 63.0 Å². The maximum absolute atomic E-state index is 14.0. The van der Waals surface area contributed by atoms with Crippen LogP contribution in [0.5, 0.6) is 0 Å². The van der Waals surface area contributed by atoms with Crippen molar-refractivity contribution in [2.75, 3.05) is 44.2 Å². The largest absolute Gasteiger partial charge is 0.368 e. The number of nitro groups is 1. The van der Waals surface area contributed by atoms with Crippen LogP contribution in [0, 0.1) is 16.0 Å². The van der Waals surface area contributed by atoms with Crippen molar-refractivity contribution < 1.29 is 18.1 Å². The van der Waals surface area contributed by atoms with Gasteiger partial charge in [-0.25, -0.2) is 8.42 Å². The number of carbonyl (C=O) groups is 1. The maximum Gasteiger partial charge on any atom is 0.269 e. The van der Waals surface area contributed by atoms with E-state index in [1.165, 1.54) is 16.4 Å². The lowest BCUT2D eigenvalue weighted by Gasteiger charge is -2.37. The number of anilines is 1. The van der Waals surface area contributed by atoms with E-state index < -0.39 is 20.9 Å². The van der Waals surface area contributed by atoms with Gasteiger partial charge in [-0.1, -0.05) is 72.8 Å². The minimum absolute atomic E-state index is 0.0393. The molecule has 1 amide bonds. The SMILES string of the molecule is O=C([C@@H]1CN(S(=O)(=O)c2ccc(-c3ccccc3)cc2)C[C@H]1c1ccccc1)N1CCN(c2ccc([N+](=O)[O-])cc2)CC1. The topological polar surface area (TPSA) is 104 Å². The maximum atomic E-state index is 14.0. The van der Waals surface area contributed by atoms with Crippen molar-refractivity contribution in [2.24, 2.45) is 5.92 Å². The van der Waals surface area contributed by atoms with Gasteiger partial charge < -0.3 is 9.80 Å². The van der Waals surface area contributed by atoms with E-state index >= 15 is 0 Å². The third-order valence-corrected chi connectivity index (χ3v) is 10.3. The van der Waals surface area contributed by atoms with Gasteiger partial charge in [-0.3, -0.25) is 14.9 Å². The van der Waals surface area contributed by atoms with E-state index in [2.05, 4.69) is 4.90 Å². The Balaban J connectivity index is 1.19. The summed E-state index contributed by atoms with van der Waals surface area (Å²) in [5.74, 6) is -0.819. The van der Waals surface area contributed by atoms with Crippen molar-refractivity contribution in [3.05, 3.63) is 125 Å². The summed E-state index contributed by atoms with van der Waals surface area (Å²) >= 11 is 0. The van der Waals surface area contributed by atoms with Gasteiger partial charge in [-0.15, -0.1) is 0 Å². The van der Waals surface area contributed by atoms with Crippen LogP contribution in [0.3, 0.4) is 0 Å². The zero-order chi connectivity index (χ0) is 30.0. The van der Waals surface area contributed by atoms with Crippen LogP contribution in [-0.4, -0.2) is 67.7 Å². The fourth-order valence-corrected chi connectivity index (χ4v) is 7.55. The molecule has 220 valence electrons. The third-order valence-electron chi connectivity index (χ3n) is 8.45. The summed E-state index contributed by atoms with van der Waals surface area (Å²) in [5, 5.41) is 11.0. The molecule has 0 spiro atoms. The summed E-state index contributed by atoms with van der Waals surface area (Å²) in [4.78, 5) is 28.7. The number of nitrogens with zero attached hydrogens (tertiary/aromatic N) is 4. The first kappa shape index (κ1) is 28.6. The second-order valence-electron chi connectivity index (χ2n) is 10.9. The quantitative estimate of drug-likeness (QED) is 0.219. The van der Waals surface area contributed by atoms with Crippen molar-refractivity contribution in [1.29, 1.82) is 0 Å². The molecule has 10 heteroatoms. The summed E-state index contributed by atoms with van der Waals surface area (Å²) in [6.45, 7) is 2.49. The minimum atomic E-state index is -3.82. The van der Waals surface area contributed by atoms with E-state index in [1.807, 2.05) is 77.7 Å². The first-order valence-electron chi connectivity index (χ1n) is 14.3. The second kappa shape index (κ2) is 12.0. The molecular formula is C33H32N4O5S. The molecule has 6 rings (SSSR count). The Bertz CT molecular complexity index is 1690. The standard InChI is InChI=1S/C33H32N4O5S/c38-33(35-21-19-34(20-22-35)28-13-15-29(16-14-28)37(39)40)32-24-36(23-31(32)27-9-5-2-6-10-27)43(41,42)30-17-11-26(12-18-30)25-7-3-1-4-8-25/h1-18,31-32H,19-24H2/t31-,32+/m0/s1. The number of carbonyl (C=O) groups excluding carboxylic acids is 1. The fraction of sp³-hybridized carbons (Fsp3) is 0.242. The molecule has 9 nitrogen and oxygen atoms in total. The summed E-state index contributed by atoms with van der Waals surface area (Å²) in [5.41, 5.74) is 3.80. The Hall–Kier alpha value is -4.54. The zero-order valence-electron chi connectivity index (χ0n) is 23.5. The fourth-order valence-electron chi connectivity index (χ4n) is 6.06. The number of sulfonamides is 1. The van der Waals surface area contributed by atoms with Gasteiger partial charge in [-0.2, -0.15) is 4.31 Å². The molecule has 0 aromatic heterocycles. The lowest BCUT2D eigenvalue weighted by Crippen LogP contribution is -2.51. The predicted molar refractivity (Wildman–Crippen MR) is 165 cm³/mol. The van der Waals surface area contributed by atoms with Crippen molar-refractivity contribution in [3.8, 4) is 11.1 Å². The molecule has 43 heavy (non-hydrogen) atoms. The van der Waals surface area contributed by atoms with Crippen LogP contribution < -0.4 is 4.90 Å². The van der Waals surface area contributed by atoms with Gasteiger partial charge in [-0.05, 0) is 41.0 Å². The number of non-ortho nitro benzene ring substituents is 1. The van der Waals surface area contributed by atoms with E-state index in [0.29, 0.717) is 26.2 Å². The highest BCUT2D eigenvalue weighted by Crippen LogP contribution is 2.37. The number of nitro benzene ring substituents is 1. The second-order valence-corrected chi connectivity index (χ2v) is 12.9. The molecule has 0 unspecified atom stereocenters. The molecule has 2 fully saturated rings.